The van der Waals surface area contributed by atoms with Crippen LogP contribution in [-0.2, 0) is 4.74 Å². The molecule has 2 N–H and O–H groups in total. The molecular formula is C8H16N2O2. The van der Waals surface area contributed by atoms with Gasteiger partial charge in [-0.1, -0.05) is 0 Å². The summed E-state index contributed by atoms with van der Waals surface area (Å²) in [7, 11) is 0. The van der Waals surface area contributed by atoms with E-state index in [1.54, 1.807) is 20.1 Å². The van der Waals surface area contributed by atoms with Crippen molar-refractivity contribution in [3.8, 4) is 0 Å². The van der Waals surface area contributed by atoms with Crippen LogP contribution in [0.15, 0.2) is 4.99 Å². The standard InChI is InChI=1S/C8H16N2O2/c1-7(9)3-4-10-6-12-8(2)5-11/h4,8-9,11H,3,5-6H2,1-2H3. The van der Waals surface area contributed by atoms with Gasteiger partial charge in [0.05, 0.1) is 12.7 Å². The minimum Gasteiger partial charge on any atom is -0.394 e. The molecule has 0 aliphatic carbocycles. The third-order valence-corrected chi connectivity index (χ3v) is 1.22. The van der Waals surface area contributed by atoms with E-state index in [0.29, 0.717) is 12.1 Å². The molecule has 0 amide bonds. The highest BCUT2D eigenvalue weighted by Gasteiger charge is 1.95. The Balaban J connectivity index is 3.30. The minimum atomic E-state index is -0.164. The molecule has 4 nitrogen and oxygen atoms in total. The van der Waals surface area contributed by atoms with Gasteiger partial charge in [0.25, 0.3) is 0 Å². The average molecular weight is 172 g/mol. The van der Waals surface area contributed by atoms with Gasteiger partial charge in [0.15, 0.2) is 0 Å². The second-order valence-corrected chi connectivity index (χ2v) is 2.64. The second-order valence-electron chi connectivity index (χ2n) is 2.64. The smallest absolute Gasteiger partial charge is 0.137 e. The molecule has 1 unspecified atom stereocenters. The van der Waals surface area contributed by atoms with Crippen molar-refractivity contribution in [2.75, 3.05) is 13.3 Å². The number of aliphatic imine (C=N–C) groups is 1. The van der Waals surface area contributed by atoms with Crippen molar-refractivity contribution in [1.82, 2.24) is 0 Å². The molecule has 4 heteroatoms. The van der Waals surface area contributed by atoms with Crippen molar-refractivity contribution in [3.05, 3.63) is 0 Å². The van der Waals surface area contributed by atoms with Crippen molar-refractivity contribution in [2.24, 2.45) is 4.99 Å². The third-order valence-electron chi connectivity index (χ3n) is 1.22. The van der Waals surface area contributed by atoms with Crippen LogP contribution >= 0.6 is 0 Å². The highest BCUT2D eigenvalue weighted by atomic mass is 16.5. The van der Waals surface area contributed by atoms with Gasteiger partial charge in [-0.2, -0.15) is 0 Å². The number of ether oxygens (including phenoxy) is 1. The summed E-state index contributed by atoms with van der Waals surface area (Å²) < 4.78 is 5.05. The molecule has 0 bridgehead atoms. The molecule has 0 aromatic carbocycles. The maximum Gasteiger partial charge on any atom is 0.137 e. The van der Waals surface area contributed by atoms with Crippen LogP contribution in [0.2, 0.25) is 0 Å². The van der Waals surface area contributed by atoms with E-state index in [9.17, 15) is 0 Å². The monoisotopic (exact) mass is 172 g/mol. The van der Waals surface area contributed by atoms with Gasteiger partial charge >= 0.3 is 0 Å². The van der Waals surface area contributed by atoms with Crippen molar-refractivity contribution in [3.63, 3.8) is 0 Å². The minimum absolute atomic E-state index is 0.0130. The first-order valence-corrected chi connectivity index (χ1v) is 3.91. The Kier molecular flexibility index (Phi) is 6.51. The first kappa shape index (κ1) is 11.3. The summed E-state index contributed by atoms with van der Waals surface area (Å²) in [6.07, 6.45) is 2.05. The fourth-order valence-electron chi connectivity index (χ4n) is 0.477. The highest BCUT2D eigenvalue weighted by molar-refractivity contribution is 5.91. The van der Waals surface area contributed by atoms with E-state index < -0.39 is 0 Å². The van der Waals surface area contributed by atoms with Gasteiger partial charge in [-0.3, -0.25) is 4.99 Å². The number of aliphatic hydroxyl groups is 1. The Hall–Kier alpha value is -0.740. The number of rotatable bonds is 6. The van der Waals surface area contributed by atoms with E-state index in [0.717, 1.165) is 0 Å². The molecule has 0 spiro atoms. The second kappa shape index (κ2) is 6.94. The van der Waals surface area contributed by atoms with E-state index in [4.69, 9.17) is 15.3 Å². The molecule has 70 valence electrons. The van der Waals surface area contributed by atoms with Crippen molar-refractivity contribution < 1.29 is 9.84 Å². The van der Waals surface area contributed by atoms with Crippen molar-refractivity contribution in [2.45, 2.75) is 26.4 Å². The maximum absolute atomic E-state index is 8.57. The number of nitrogens with zero attached hydrogens (tertiary/aromatic N) is 1. The van der Waals surface area contributed by atoms with Crippen LogP contribution in [0.4, 0.5) is 0 Å². The normalized spacial score (nSPS) is 13.6. The van der Waals surface area contributed by atoms with Gasteiger partial charge in [0, 0.05) is 18.3 Å². The topological polar surface area (TPSA) is 65.7 Å². The molecule has 0 aromatic rings. The summed E-state index contributed by atoms with van der Waals surface area (Å²) in [5.41, 5.74) is 0.578. The summed E-state index contributed by atoms with van der Waals surface area (Å²) in [6.45, 7) is 3.77. The maximum atomic E-state index is 8.57. The molecule has 0 rings (SSSR count). The SMILES string of the molecule is CC(=N)CC=NCOC(C)CO. The van der Waals surface area contributed by atoms with Gasteiger partial charge in [-0.05, 0) is 13.8 Å². The average Bonchev–Trinajstić information content (AvgIpc) is 2.03. The van der Waals surface area contributed by atoms with Crippen LogP contribution in [0.1, 0.15) is 20.3 Å². The zero-order valence-corrected chi connectivity index (χ0v) is 7.58. The zero-order chi connectivity index (χ0) is 9.40. The molecule has 0 aliphatic rings. The summed E-state index contributed by atoms with van der Waals surface area (Å²) in [5, 5.41) is 15.6. The lowest BCUT2D eigenvalue weighted by Crippen LogP contribution is -2.12. The first-order chi connectivity index (χ1) is 5.66. The molecule has 0 aromatic heterocycles. The van der Waals surface area contributed by atoms with Crippen LogP contribution < -0.4 is 0 Å². The van der Waals surface area contributed by atoms with Gasteiger partial charge < -0.3 is 15.3 Å². The molecule has 0 aliphatic heterocycles. The molecular weight excluding hydrogens is 156 g/mol. The van der Waals surface area contributed by atoms with Crippen LogP contribution in [0, 0.1) is 5.41 Å². The zero-order valence-electron chi connectivity index (χ0n) is 7.58. The largest absolute Gasteiger partial charge is 0.394 e. The van der Waals surface area contributed by atoms with E-state index in [1.807, 2.05) is 0 Å². The van der Waals surface area contributed by atoms with Gasteiger partial charge in [-0.15, -0.1) is 0 Å². The van der Waals surface area contributed by atoms with E-state index in [-0.39, 0.29) is 19.4 Å². The molecule has 1 atom stereocenters. The van der Waals surface area contributed by atoms with Crippen molar-refractivity contribution in [1.29, 1.82) is 5.41 Å². The highest BCUT2D eigenvalue weighted by Crippen LogP contribution is 1.88. The number of hydrogen-bond acceptors (Lipinski definition) is 4. The Morgan fingerprint density at radius 3 is 2.92 bits per heavy atom. The Morgan fingerprint density at radius 1 is 1.75 bits per heavy atom. The van der Waals surface area contributed by atoms with Crippen LogP contribution in [0.5, 0.6) is 0 Å². The lowest BCUT2D eigenvalue weighted by Gasteiger charge is -2.05. The fourth-order valence-corrected chi connectivity index (χ4v) is 0.477. The predicted molar refractivity (Wildman–Crippen MR) is 49.0 cm³/mol. The molecule has 12 heavy (non-hydrogen) atoms. The van der Waals surface area contributed by atoms with E-state index in [2.05, 4.69) is 4.99 Å². The number of aliphatic hydroxyl groups excluding tert-OH is 1. The molecule has 0 saturated heterocycles. The number of nitrogens with one attached hydrogen (secondary N) is 1. The first-order valence-electron chi connectivity index (χ1n) is 3.91. The predicted octanol–water partition coefficient (Wildman–Crippen LogP) is 0.842. The quantitative estimate of drug-likeness (QED) is 0.583. The lowest BCUT2D eigenvalue weighted by atomic mass is 10.3. The fraction of sp³-hybridized carbons (Fsp3) is 0.750. The third kappa shape index (κ3) is 7.37. The van der Waals surface area contributed by atoms with Crippen molar-refractivity contribution >= 4 is 11.9 Å². The summed E-state index contributed by atoms with van der Waals surface area (Å²) >= 11 is 0. The van der Waals surface area contributed by atoms with Gasteiger partial charge in [0.2, 0.25) is 0 Å². The summed E-state index contributed by atoms with van der Waals surface area (Å²) in [5.74, 6) is 0. The van der Waals surface area contributed by atoms with Gasteiger partial charge in [0.1, 0.15) is 6.73 Å². The van der Waals surface area contributed by atoms with Crippen LogP contribution in [-0.4, -0.2) is 36.5 Å². The lowest BCUT2D eigenvalue weighted by molar-refractivity contribution is 0.0296. The van der Waals surface area contributed by atoms with Crippen LogP contribution in [0.3, 0.4) is 0 Å². The Morgan fingerprint density at radius 2 is 2.42 bits per heavy atom. The Labute approximate surface area is 72.8 Å². The van der Waals surface area contributed by atoms with Crippen LogP contribution in [0.25, 0.3) is 0 Å². The summed E-state index contributed by atoms with van der Waals surface area (Å²) in [6, 6.07) is 0. The molecule has 0 fully saturated rings. The van der Waals surface area contributed by atoms with E-state index in [1.165, 1.54) is 0 Å². The van der Waals surface area contributed by atoms with Gasteiger partial charge in [-0.25, -0.2) is 0 Å². The number of hydrogen-bond donors (Lipinski definition) is 2. The van der Waals surface area contributed by atoms with E-state index >= 15 is 0 Å². The summed E-state index contributed by atoms with van der Waals surface area (Å²) in [4.78, 5) is 3.90. The Bertz CT molecular complexity index is 157. The molecule has 0 radical (unpaired) electrons. The molecule has 0 saturated carbocycles. The molecule has 0 heterocycles.